The summed E-state index contributed by atoms with van der Waals surface area (Å²) in [5.74, 6) is -1.24. The first-order valence-corrected chi connectivity index (χ1v) is 8.55. The third-order valence-electron chi connectivity index (χ3n) is 4.44. The van der Waals surface area contributed by atoms with Gasteiger partial charge in [0.15, 0.2) is 0 Å². The lowest BCUT2D eigenvalue weighted by Gasteiger charge is -2.19. The Hall–Kier alpha value is -1.17. The molecule has 0 amide bonds. The van der Waals surface area contributed by atoms with E-state index in [1.165, 1.54) is 0 Å². The lowest BCUT2D eigenvalue weighted by Crippen LogP contribution is -2.20. The van der Waals surface area contributed by atoms with Gasteiger partial charge in [-0.3, -0.25) is 4.79 Å². The number of allylic oxidation sites excluding steroid dienone is 1. The fraction of sp³-hybridized carbons (Fsp3) is 0.722. The van der Waals surface area contributed by atoms with E-state index in [0.717, 1.165) is 19.3 Å². The molecule has 1 fully saturated rings. The molecule has 0 bridgehead atoms. The molecule has 0 unspecified atom stereocenters. The van der Waals surface area contributed by atoms with Gasteiger partial charge in [-0.25, -0.2) is 0 Å². The number of unbranched alkanes of at least 4 members (excludes halogenated alkanes) is 2. The van der Waals surface area contributed by atoms with E-state index >= 15 is 0 Å². The largest absolute Gasteiger partial charge is 0.481 e. The maximum absolute atomic E-state index is 10.5. The van der Waals surface area contributed by atoms with E-state index in [1.54, 1.807) is 18.2 Å². The molecule has 132 valence electrons. The molecule has 5 heteroatoms. The van der Waals surface area contributed by atoms with Crippen molar-refractivity contribution < 1.29 is 25.2 Å². The zero-order valence-electron chi connectivity index (χ0n) is 13.8. The van der Waals surface area contributed by atoms with Crippen molar-refractivity contribution in [2.24, 2.45) is 11.8 Å². The average Bonchev–Trinajstić information content (AvgIpc) is 2.75. The van der Waals surface area contributed by atoms with Crippen molar-refractivity contribution in [2.75, 3.05) is 0 Å². The minimum Gasteiger partial charge on any atom is -0.481 e. The summed E-state index contributed by atoms with van der Waals surface area (Å²) in [5.41, 5.74) is 0. The maximum atomic E-state index is 10.5. The highest BCUT2D eigenvalue weighted by Gasteiger charge is 2.39. The van der Waals surface area contributed by atoms with Gasteiger partial charge in [-0.2, -0.15) is 0 Å². The molecule has 0 aliphatic heterocycles. The van der Waals surface area contributed by atoms with Gasteiger partial charge in [-0.05, 0) is 18.8 Å². The molecule has 5 atom stereocenters. The van der Waals surface area contributed by atoms with Crippen LogP contribution in [-0.2, 0) is 4.79 Å². The van der Waals surface area contributed by atoms with E-state index in [0.29, 0.717) is 19.3 Å². The highest BCUT2D eigenvalue weighted by atomic mass is 16.4. The summed E-state index contributed by atoms with van der Waals surface area (Å²) in [6.07, 6.45) is 9.77. The summed E-state index contributed by atoms with van der Waals surface area (Å²) >= 11 is 0. The standard InChI is InChI=1S/C18H30O5/c1-2-3-4-7-13(19)10-11-15-14(16(20)12-17(15)21)8-5-6-9-18(22)23/h5-6,10-11,13-17,19-21H,2-4,7-9,12H2,1H3,(H,22,23)/b6-5-,11-10+/t13-,14+,15-,16+,17-/m1/s1. The summed E-state index contributed by atoms with van der Waals surface area (Å²) < 4.78 is 0. The van der Waals surface area contributed by atoms with Crippen molar-refractivity contribution in [3.8, 4) is 0 Å². The molecular formula is C18H30O5. The van der Waals surface area contributed by atoms with Crippen LogP contribution in [0.25, 0.3) is 0 Å². The molecule has 0 aromatic rings. The lowest BCUT2D eigenvalue weighted by atomic mass is 9.89. The molecule has 0 aromatic heterocycles. The first-order chi connectivity index (χ1) is 11.0. The molecule has 23 heavy (non-hydrogen) atoms. The topological polar surface area (TPSA) is 98.0 Å². The number of aliphatic hydroxyl groups excluding tert-OH is 3. The van der Waals surface area contributed by atoms with Crippen LogP contribution in [0.5, 0.6) is 0 Å². The van der Waals surface area contributed by atoms with Crippen LogP contribution in [0.2, 0.25) is 0 Å². The summed E-state index contributed by atoms with van der Waals surface area (Å²) in [6.45, 7) is 2.11. The predicted octanol–water partition coefficient (Wildman–Crippen LogP) is 2.26. The van der Waals surface area contributed by atoms with Crippen LogP contribution in [0.4, 0.5) is 0 Å². The lowest BCUT2D eigenvalue weighted by molar-refractivity contribution is -0.136. The monoisotopic (exact) mass is 326 g/mol. The molecule has 0 heterocycles. The van der Waals surface area contributed by atoms with E-state index in [9.17, 15) is 20.1 Å². The van der Waals surface area contributed by atoms with Crippen LogP contribution in [0.1, 0.15) is 51.9 Å². The van der Waals surface area contributed by atoms with Crippen molar-refractivity contribution in [1.82, 2.24) is 0 Å². The number of aliphatic carboxylic acids is 1. The van der Waals surface area contributed by atoms with Gasteiger partial charge in [0.25, 0.3) is 0 Å². The Morgan fingerprint density at radius 1 is 1.22 bits per heavy atom. The van der Waals surface area contributed by atoms with Crippen molar-refractivity contribution in [2.45, 2.75) is 70.2 Å². The third kappa shape index (κ3) is 7.29. The second kappa shape index (κ2) is 10.6. The van der Waals surface area contributed by atoms with Crippen molar-refractivity contribution in [3.63, 3.8) is 0 Å². The number of carboxylic acid groups (broad SMARTS) is 1. The molecular weight excluding hydrogens is 296 g/mol. The van der Waals surface area contributed by atoms with Gasteiger partial charge >= 0.3 is 5.97 Å². The van der Waals surface area contributed by atoms with Gasteiger partial charge in [-0.15, -0.1) is 0 Å². The Morgan fingerprint density at radius 2 is 1.96 bits per heavy atom. The Labute approximate surface area is 138 Å². The number of carbonyl (C=O) groups is 1. The summed E-state index contributed by atoms with van der Waals surface area (Å²) in [4.78, 5) is 10.5. The van der Waals surface area contributed by atoms with E-state index in [-0.39, 0.29) is 18.3 Å². The summed E-state index contributed by atoms with van der Waals surface area (Å²) in [7, 11) is 0. The number of rotatable bonds is 10. The normalized spacial score (nSPS) is 29.6. The van der Waals surface area contributed by atoms with Crippen LogP contribution in [0.15, 0.2) is 24.3 Å². The molecule has 1 saturated carbocycles. The van der Waals surface area contributed by atoms with Crippen LogP contribution in [0, 0.1) is 11.8 Å². The van der Waals surface area contributed by atoms with E-state index in [1.807, 2.05) is 6.08 Å². The Bertz CT molecular complexity index is 404. The molecule has 1 aliphatic rings. The van der Waals surface area contributed by atoms with E-state index in [4.69, 9.17) is 5.11 Å². The molecule has 1 rings (SSSR count). The fourth-order valence-corrected chi connectivity index (χ4v) is 3.10. The van der Waals surface area contributed by atoms with Gasteiger partial charge in [0.05, 0.1) is 24.7 Å². The molecule has 0 spiro atoms. The van der Waals surface area contributed by atoms with E-state index < -0.39 is 24.3 Å². The Morgan fingerprint density at radius 3 is 2.61 bits per heavy atom. The van der Waals surface area contributed by atoms with Crippen LogP contribution in [0.3, 0.4) is 0 Å². The van der Waals surface area contributed by atoms with Crippen LogP contribution < -0.4 is 0 Å². The summed E-state index contributed by atoms with van der Waals surface area (Å²) in [6, 6.07) is 0. The molecule has 0 radical (unpaired) electrons. The maximum Gasteiger partial charge on any atom is 0.307 e. The number of aliphatic hydroxyl groups is 3. The molecule has 1 aliphatic carbocycles. The Kier molecular flexibility index (Phi) is 9.14. The fourth-order valence-electron chi connectivity index (χ4n) is 3.10. The third-order valence-corrected chi connectivity index (χ3v) is 4.44. The van der Waals surface area contributed by atoms with Crippen molar-refractivity contribution in [1.29, 1.82) is 0 Å². The smallest absolute Gasteiger partial charge is 0.307 e. The predicted molar refractivity (Wildman–Crippen MR) is 88.9 cm³/mol. The minimum atomic E-state index is -0.889. The van der Waals surface area contributed by atoms with Crippen LogP contribution >= 0.6 is 0 Å². The minimum absolute atomic E-state index is 0.0397. The second-order valence-electron chi connectivity index (χ2n) is 6.36. The number of carboxylic acids is 1. The molecule has 0 aromatic carbocycles. The average molecular weight is 326 g/mol. The van der Waals surface area contributed by atoms with Gasteiger partial charge < -0.3 is 20.4 Å². The molecule has 5 nitrogen and oxygen atoms in total. The van der Waals surface area contributed by atoms with Gasteiger partial charge in [0.2, 0.25) is 0 Å². The van der Waals surface area contributed by atoms with Crippen molar-refractivity contribution in [3.05, 3.63) is 24.3 Å². The zero-order chi connectivity index (χ0) is 17.2. The molecule has 4 N–H and O–H groups in total. The van der Waals surface area contributed by atoms with Crippen LogP contribution in [-0.4, -0.2) is 44.7 Å². The van der Waals surface area contributed by atoms with Gasteiger partial charge in [0.1, 0.15) is 0 Å². The first-order valence-electron chi connectivity index (χ1n) is 8.55. The second-order valence-corrected chi connectivity index (χ2v) is 6.36. The SMILES string of the molecule is CCCCC[C@@H](O)/C=C/[C@@H]1[C@H](C/C=C\CC(=O)O)[C@@H](O)C[C@H]1O. The number of hydrogen-bond acceptors (Lipinski definition) is 4. The zero-order valence-corrected chi connectivity index (χ0v) is 13.8. The summed E-state index contributed by atoms with van der Waals surface area (Å²) in [5, 5.41) is 38.7. The van der Waals surface area contributed by atoms with Gasteiger partial charge in [-0.1, -0.05) is 50.5 Å². The Balaban J connectivity index is 2.54. The highest BCUT2D eigenvalue weighted by Crippen LogP contribution is 2.36. The molecule has 0 saturated heterocycles. The van der Waals surface area contributed by atoms with Gasteiger partial charge in [0, 0.05) is 12.3 Å². The first kappa shape index (κ1) is 19.9. The highest BCUT2D eigenvalue weighted by molar-refractivity contribution is 5.68. The van der Waals surface area contributed by atoms with E-state index in [2.05, 4.69) is 6.92 Å². The van der Waals surface area contributed by atoms with Crippen molar-refractivity contribution >= 4 is 5.97 Å². The quantitative estimate of drug-likeness (QED) is 0.365. The number of hydrogen-bond donors (Lipinski definition) is 4.